The second-order valence-electron chi connectivity index (χ2n) is 9.35. The molecule has 0 bridgehead atoms. The van der Waals surface area contributed by atoms with E-state index in [-0.39, 0.29) is 17.4 Å². The maximum atomic E-state index is 13.8. The van der Waals surface area contributed by atoms with Crippen LogP contribution in [0.25, 0.3) is 11.3 Å². The molecule has 0 spiro atoms. The van der Waals surface area contributed by atoms with Gasteiger partial charge in [-0.05, 0) is 42.0 Å². The van der Waals surface area contributed by atoms with Crippen molar-refractivity contribution in [2.75, 3.05) is 20.8 Å². The van der Waals surface area contributed by atoms with E-state index in [1.807, 2.05) is 24.3 Å². The number of halogens is 3. The molecule has 3 aromatic rings. The molecule has 39 heavy (non-hydrogen) atoms. The standard InChI is InChI=1S/C26H27F3N4O6/c1-36-15-5-3-13(4-6-15)19-9-16(39-31-19)10-21-26(37-2)24(25(35)22(12-34)38-21)33-11-20(30-32-33)14-7-17(27)23(29)18(28)8-14/h3-8,11,16,21-22,24-26,34-35H,9-10,12H2,1-2H3/t16?,21-,22-,24+,25+,26+/m1/s1. The molecular formula is C26H27F3N4O6. The minimum Gasteiger partial charge on any atom is -0.497 e. The van der Waals surface area contributed by atoms with Gasteiger partial charge in [0.2, 0.25) is 0 Å². The fourth-order valence-corrected chi connectivity index (χ4v) is 4.98. The normalized spacial score (nSPS) is 26.8. The molecule has 2 aromatic carbocycles. The predicted octanol–water partition coefficient (Wildman–Crippen LogP) is 2.63. The SMILES string of the molecule is COc1ccc(C2=NOC(C[C@H]3O[C@H](CO)[C@H](O)[C@H](n4cc(-c5cc(F)c(F)c(F)c5)nn4)[C@H]3OC)C2)cc1. The van der Waals surface area contributed by atoms with Crippen molar-refractivity contribution in [1.82, 2.24) is 15.0 Å². The third-order valence-electron chi connectivity index (χ3n) is 6.98. The van der Waals surface area contributed by atoms with E-state index in [0.717, 1.165) is 29.2 Å². The van der Waals surface area contributed by atoms with Crippen LogP contribution in [0.4, 0.5) is 13.2 Å². The summed E-state index contributed by atoms with van der Waals surface area (Å²) in [5.74, 6) is -3.60. The number of benzene rings is 2. The number of methoxy groups -OCH3 is 2. The first-order valence-electron chi connectivity index (χ1n) is 12.2. The molecule has 2 N–H and O–H groups in total. The van der Waals surface area contributed by atoms with Gasteiger partial charge in [-0.15, -0.1) is 5.10 Å². The number of hydrogen-bond acceptors (Lipinski definition) is 9. The molecule has 13 heteroatoms. The third kappa shape index (κ3) is 5.35. The quantitative estimate of drug-likeness (QED) is 0.413. The van der Waals surface area contributed by atoms with E-state index in [0.29, 0.717) is 12.8 Å². The van der Waals surface area contributed by atoms with Crippen molar-refractivity contribution in [1.29, 1.82) is 0 Å². The average Bonchev–Trinajstić information content (AvgIpc) is 3.62. The van der Waals surface area contributed by atoms with E-state index < -0.39 is 54.5 Å². The van der Waals surface area contributed by atoms with E-state index in [9.17, 15) is 23.4 Å². The Kier molecular flexibility index (Phi) is 7.84. The smallest absolute Gasteiger partial charge is 0.194 e. The highest BCUT2D eigenvalue weighted by molar-refractivity contribution is 6.01. The number of hydrogen-bond donors (Lipinski definition) is 2. The van der Waals surface area contributed by atoms with Crippen LogP contribution in [0, 0.1) is 17.5 Å². The van der Waals surface area contributed by atoms with Crippen LogP contribution in [-0.4, -0.2) is 82.3 Å². The van der Waals surface area contributed by atoms with E-state index in [2.05, 4.69) is 15.5 Å². The molecule has 0 radical (unpaired) electrons. The molecule has 5 rings (SSSR count). The summed E-state index contributed by atoms with van der Waals surface area (Å²) in [6.07, 6.45) is -1.86. The van der Waals surface area contributed by atoms with E-state index in [4.69, 9.17) is 19.0 Å². The van der Waals surface area contributed by atoms with Crippen LogP contribution >= 0.6 is 0 Å². The first kappa shape index (κ1) is 27.1. The lowest BCUT2D eigenvalue weighted by molar-refractivity contribution is -0.219. The van der Waals surface area contributed by atoms with Crippen LogP contribution in [0.5, 0.6) is 5.75 Å². The lowest BCUT2D eigenvalue weighted by atomic mass is 9.89. The largest absolute Gasteiger partial charge is 0.497 e. The molecular weight excluding hydrogens is 521 g/mol. The summed E-state index contributed by atoms with van der Waals surface area (Å²) in [6, 6.07) is 8.15. The molecule has 2 aliphatic heterocycles. The molecule has 1 saturated heterocycles. The summed E-state index contributed by atoms with van der Waals surface area (Å²) < 4.78 is 59.2. The van der Waals surface area contributed by atoms with Crippen LogP contribution in [0.3, 0.4) is 0 Å². The maximum absolute atomic E-state index is 13.8. The highest BCUT2D eigenvalue weighted by atomic mass is 19.2. The summed E-state index contributed by atoms with van der Waals surface area (Å²) in [5, 5.41) is 33.1. The fraction of sp³-hybridized carbons (Fsp3) is 0.423. The van der Waals surface area contributed by atoms with Gasteiger partial charge in [0, 0.05) is 25.5 Å². The molecule has 0 saturated carbocycles. The minimum atomic E-state index is -1.59. The van der Waals surface area contributed by atoms with Crippen molar-refractivity contribution >= 4 is 5.71 Å². The molecule has 1 aromatic heterocycles. The van der Waals surface area contributed by atoms with Crippen LogP contribution in [-0.2, 0) is 14.3 Å². The van der Waals surface area contributed by atoms with Crippen LogP contribution in [0.1, 0.15) is 24.4 Å². The molecule has 0 amide bonds. The Labute approximate surface area is 221 Å². The second-order valence-corrected chi connectivity index (χ2v) is 9.35. The Morgan fingerprint density at radius 2 is 1.77 bits per heavy atom. The number of aromatic nitrogens is 3. The zero-order valence-electron chi connectivity index (χ0n) is 21.1. The number of rotatable bonds is 8. The second kappa shape index (κ2) is 11.3. The Balaban J connectivity index is 1.35. The van der Waals surface area contributed by atoms with Gasteiger partial charge in [0.05, 0.1) is 31.7 Å². The predicted molar refractivity (Wildman–Crippen MR) is 131 cm³/mol. The summed E-state index contributed by atoms with van der Waals surface area (Å²) in [7, 11) is 3.03. The number of aliphatic hydroxyl groups excluding tert-OH is 2. The molecule has 1 fully saturated rings. The first-order valence-corrected chi connectivity index (χ1v) is 12.2. The van der Waals surface area contributed by atoms with Crippen molar-refractivity contribution in [2.45, 2.75) is 49.4 Å². The van der Waals surface area contributed by atoms with E-state index in [1.54, 1.807) is 7.11 Å². The first-order chi connectivity index (χ1) is 18.8. The number of oxime groups is 1. The van der Waals surface area contributed by atoms with Crippen LogP contribution < -0.4 is 4.74 Å². The van der Waals surface area contributed by atoms with Crippen molar-refractivity contribution in [3.63, 3.8) is 0 Å². The summed E-state index contributed by atoms with van der Waals surface area (Å²) in [5.41, 5.74) is 1.65. The fourth-order valence-electron chi connectivity index (χ4n) is 4.98. The summed E-state index contributed by atoms with van der Waals surface area (Å²) in [6.45, 7) is -0.486. The topological polar surface area (TPSA) is 120 Å². The van der Waals surface area contributed by atoms with Crippen molar-refractivity contribution in [3.05, 3.63) is 65.6 Å². The Morgan fingerprint density at radius 1 is 1.05 bits per heavy atom. The molecule has 3 heterocycles. The summed E-state index contributed by atoms with van der Waals surface area (Å²) >= 11 is 0. The van der Waals surface area contributed by atoms with Crippen molar-refractivity contribution < 1.29 is 42.4 Å². The lowest BCUT2D eigenvalue weighted by Crippen LogP contribution is -2.57. The minimum absolute atomic E-state index is 0.0361. The zero-order valence-corrected chi connectivity index (χ0v) is 21.1. The van der Waals surface area contributed by atoms with Crippen molar-refractivity contribution in [2.24, 2.45) is 5.16 Å². The number of nitrogens with zero attached hydrogens (tertiary/aromatic N) is 4. The van der Waals surface area contributed by atoms with Gasteiger partial charge in [0.25, 0.3) is 0 Å². The monoisotopic (exact) mass is 548 g/mol. The molecule has 0 aliphatic carbocycles. The highest BCUT2D eigenvalue weighted by Crippen LogP contribution is 2.36. The third-order valence-corrected chi connectivity index (χ3v) is 6.98. The molecule has 10 nitrogen and oxygen atoms in total. The van der Waals surface area contributed by atoms with Gasteiger partial charge in [-0.2, -0.15) is 0 Å². The Bertz CT molecular complexity index is 1310. The van der Waals surface area contributed by atoms with Crippen LogP contribution in [0.15, 0.2) is 47.8 Å². The summed E-state index contributed by atoms with van der Waals surface area (Å²) in [4.78, 5) is 5.66. The van der Waals surface area contributed by atoms with Gasteiger partial charge < -0.3 is 29.3 Å². The molecule has 6 atom stereocenters. The van der Waals surface area contributed by atoms with E-state index in [1.165, 1.54) is 18.0 Å². The molecule has 2 aliphatic rings. The van der Waals surface area contributed by atoms with Gasteiger partial charge in [-0.1, -0.05) is 10.4 Å². The van der Waals surface area contributed by atoms with Gasteiger partial charge >= 0.3 is 0 Å². The number of ether oxygens (including phenoxy) is 3. The molecule has 208 valence electrons. The average molecular weight is 549 g/mol. The Hall–Kier alpha value is -3.52. The van der Waals surface area contributed by atoms with Crippen LogP contribution in [0.2, 0.25) is 0 Å². The van der Waals surface area contributed by atoms with Crippen molar-refractivity contribution in [3.8, 4) is 17.0 Å². The lowest BCUT2D eigenvalue weighted by Gasteiger charge is -2.44. The molecule has 1 unspecified atom stereocenters. The van der Waals surface area contributed by atoms with E-state index >= 15 is 0 Å². The zero-order chi connectivity index (χ0) is 27.7. The highest BCUT2D eigenvalue weighted by Gasteiger charge is 2.48. The van der Waals surface area contributed by atoms with Gasteiger partial charge in [-0.3, -0.25) is 0 Å². The van der Waals surface area contributed by atoms with Gasteiger partial charge in [-0.25, -0.2) is 17.9 Å². The Morgan fingerprint density at radius 3 is 2.41 bits per heavy atom. The van der Waals surface area contributed by atoms with Gasteiger partial charge in [0.15, 0.2) is 17.5 Å². The van der Waals surface area contributed by atoms with Gasteiger partial charge in [0.1, 0.15) is 41.9 Å². The number of aliphatic hydroxyl groups is 2. The maximum Gasteiger partial charge on any atom is 0.194 e.